The first kappa shape index (κ1) is 37.4. The van der Waals surface area contributed by atoms with E-state index in [2.05, 4.69) is 206 Å². The second kappa shape index (κ2) is 14.3. The van der Waals surface area contributed by atoms with Crippen LogP contribution in [0.1, 0.15) is 17.5 Å². The maximum atomic E-state index is 6.96. The molecule has 0 bridgehead atoms. The van der Waals surface area contributed by atoms with Crippen LogP contribution in [0.4, 0.5) is 0 Å². The quantitative estimate of drug-likeness (QED) is 0.161. The molecule has 312 valence electrons. The Hall–Kier alpha value is -7.82. The highest BCUT2D eigenvalue weighted by atomic mass is 32.1. The summed E-state index contributed by atoms with van der Waals surface area (Å²) >= 11 is 3.77. The molecule has 3 heteroatoms. The first-order valence-corrected chi connectivity index (χ1v) is 24.8. The van der Waals surface area contributed by atoms with Crippen LogP contribution in [0, 0.1) is 0 Å². The summed E-state index contributed by atoms with van der Waals surface area (Å²) in [6, 6.07) is 72.3. The van der Waals surface area contributed by atoms with Gasteiger partial charge in [-0.2, -0.15) is 0 Å². The molecule has 0 radical (unpaired) electrons. The number of benzene rings is 11. The number of rotatable bonds is 4. The van der Waals surface area contributed by atoms with Crippen LogP contribution in [0.25, 0.3) is 145 Å². The first-order chi connectivity index (χ1) is 33.2. The van der Waals surface area contributed by atoms with Crippen molar-refractivity contribution < 1.29 is 4.42 Å². The molecule has 67 heavy (non-hydrogen) atoms. The van der Waals surface area contributed by atoms with Gasteiger partial charge in [-0.1, -0.05) is 164 Å². The normalized spacial score (nSPS) is 12.9. The molecule has 11 aromatic carbocycles. The van der Waals surface area contributed by atoms with Gasteiger partial charge < -0.3 is 4.42 Å². The fourth-order valence-electron chi connectivity index (χ4n) is 11.7. The molecule has 3 aromatic heterocycles. The average Bonchev–Trinajstić information content (AvgIpc) is 4.07. The molecule has 3 heterocycles. The number of hydrogen-bond donors (Lipinski definition) is 0. The van der Waals surface area contributed by atoms with Gasteiger partial charge in [0.15, 0.2) is 0 Å². The molecule has 0 saturated carbocycles. The molecular formula is C64H38OS2. The third-order valence-corrected chi connectivity index (χ3v) is 16.8. The smallest absolute Gasteiger partial charge is 0.136 e. The van der Waals surface area contributed by atoms with E-state index in [1.165, 1.54) is 128 Å². The molecule has 0 atom stereocenters. The molecule has 1 nitrogen and oxygen atoms in total. The van der Waals surface area contributed by atoms with Gasteiger partial charge in [0.25, 0.3) is 0 Å². The third kappa shape index (κ3) is 5.47. The Labute approximate surface area is 394 Å². The summed E-state index contributed by atoms with van der Waals surface area (Å²) < 4.78 is 12.3. The first-order valence-electron chi connectivity index (χ1n) is 23.2. The zero-order valence-corrected chi connectivity index (χ0v) is 37.9. The Bertz CT molecular complexity index is 4400. The van der Waals surface area contributed by atoms with E-state index in [1.807, 2.05) is 22.7 Å². The van der Waals surface area contributed by atoms with Crippen LogP contribution in [0.5, 0.6) is 0 Å². The minimum absolute atomic E-state index is 0.902. The molecule has 0 spiro atoms. The van der Waals surface area contributed by atoms with Crippen molar-refractivity contribution in [3.63, 3.8) is 0 Å². The maximum absolute atomic E-state index is 6.96. The molecule has 0 saturated heterocycles. The van der Waals surface area contributed by atoms with E-state index in [-0.39, 0.29) is 0 Å². The second-order valence-corrected chi connectivity index (χ2v) is 20.2. The zero-order valence-electron chi connectivity index (χ0n) is 36.3. The number of fused-ring (bicyclic) bond motifs is 13. The molecule has 0 fully saturated rings. The van der Waals surface area contributed by atoms with Crippen molar-refractivity contribution >= 4 is 123 Å². The van der Waals surface area contributed by atoms with Crippen LogP contribution in [0.15, 0.2) is 205 Å². The van der Waals surface area contributed by atoms with Gasteiger partial charge in [-0.3, -0.25) is 0 Å². The van der Waals surface area contributed by atoms with Gasteiger partial charge >= 0.3 is 0 Å². The van der Waals surface area contributed by atoms with Gasteiger partial charge in [-0.15, -0.1) is 22.7 Å². The molecule has 0 N–H and O–H groups in total. The summed E-state index contributed by atoms with van der Waals surface area (Å²) in [6.07, 6.45) is 6.74. The highest BCUT2D eigenvalue weighted by Gasteiger charge is 2.25. The summed E-state index contributed by atoms with van der Waals surface area (Å²) in [5.41, 5.74) is 14.6. The molecule has 0 amide bonds. The van der Waals surface area contributed by atoms with E-state index in [0.29, 0.717) is 0 Å². The van der Waals surface area contributed by atoms with Crippen LogP contribution < -0.4 is 0 Å². The van der Waals surface area contributed by atoms with Crippen LogP contribution in [0.3, 0.4) is 0 Å². The van der Waals surface area contributed by atoms with Gasteiger partial charge in [-0.25, -0.2) is 0 Å². The van der Waals surface area contributed by atoms with Crippen molar-refractivity contribution in [3.8, 4) is 44.5 Å². The Balaban J connectivity index is 0.923. The van der Waals surface area contributed by atoms with E-state index in [4.69, 9.17) is 4.42 Å². The lowest BCUT2D eigenvalue weighted by Gasteiger charge is -2.23. The van der Waals surface area contributed by atoms with Crippen molar-refractivity contribution in [2.24, 2.45) is 0 Å². The highest BCUT2D eigenvalue weighted by Crippen LogP contribution is 2.50. The van der Waals surface area contributed by atoms with Crippen molar-refractivity contribution in [1.82, 2.24) is 0 Å². The van der Waals surface area contributed by atoms with Gasteiger partial charge in [0.1, 0.15) is 11.2 Å². The van der Waals surface area contributed by atoms with E-state index < -0.39 is 0 Å². The summed E-state index contributed by atoms with van der Waals surface area (Å²) in [5, 5.41) is 15.1. The minimum atomic E-state index is 0.902. The largest absolute Gasteiger partial charge is 0.456 e. The third-order valence-electron chi connectivity index (χ3n) is 14.5. The molecule has 1 aliphatic rings. The Morgan fingerprint density at radius 3 is 1.43 bits per heavy atom. The van der Waals surface area contributed by atoms with Gasteiger partial charge in [0.2, 0.25) is 0 Å². The van der Waals surface area contributed by atoms with E-state index in [0.717, 1.165) is 34.8 Å². The number of allylic oxidation sites excluding steroid dienone is 1. The van der Waals surface area contributed by atoms with Crippen molar-refractivity contribution in [3.05, 3.63) is 211 Å². The molecule has 0 unspecified atom stereocenters. The van der Waals surface area contributed by atoms with Crippen LogP contribution >= 0.6 is 22.7 Å². The summed E-state index contributed by atoms with van der Waals surface area (Å²) in [5.74, 6) is 0. The topological polar surface area (TPSA) is 13.1 Å². The Morgan fingerprint density at radius 1 is 0.343 bits per heavy atom. The van der Waals surface area contributed by atoms with E-state index in [1.54, 1.807) is 0 Å². The van der Waals surface area contributed by atoms with Crippen molar-refractivity contribution in [1.29, 1.82) is 0 Å². The SMILES string of the molecule is C1=Cc2c(c(-c3ccc4c(c3)oc3cccc(-c5c6ccccc6c(-c6ccc7c(c6)sc6ccccc67)c6ccccc56)c34)c3ccccc3c2-c2ccc3c(c2)sc2ccccc23)CC1. The number of hydrogen-bond acceptors (Lipinski definition) is 3. The van der Waals surface area contributed by atoms with Gasteiger partial charge in [0.05, 0.1) is 0 Å². The van der Waals surface area contributed by atoms with E-state index in [9.17, 15) is 0 Å². The molecule has 1 aliphatic carbocycles. The fraction of sp³-hybridized carbons (Fsp3) is 0.0312. The van der Waals surface area contributed by atoms with Crippen LogP contribution in [0.2, 0.25) is 0 Å². The van der Waals surface area contributed by atoms with Crippen molar-refractivity contribution in [2.45, 2.75) is 12.8 Å². The second-order valence-electron chi connectivity index (χ2n) is 18.1. The lowest BCUT2D eigenvalue weighted by atomic mass is 9.80. The highest BCUT2D eigenvalue weighted by molar-refractivity contribution is 7.26. The maximum Gasteiger partial charge on any atom is 0.136 e. The Kier molecular flexibility index (Phi) is 8.01. The predicted octanol–water partition coefficient (Wildman–Crippen LogP) is 19.4. The summed E-state index contributed by atoms with van der Waals surface area (Å²) in [4.78, 5) is 0. The van der Waals surface area contributed by atoms with Crippen LogP contribution in [-0.2, 0) is 6.42 Å². The standard InChI is InChI=1S/C64H38OS2/c1-3-18-46-44(16-1)60(45-17-2-4-19-47(45)61(46)38-28-31-42-40-14-9-11-26-56(40)66-58(42)35-38)37-30-33-52-55(34-37)65-54-25-13-24-53(64(52)54)63-50-22-7-5-20-48(50)62(49-21-6-8-23-51(49)63)39-29-32-43-41-15-10-12-27-57(41)67-59(43)36-39/h1,3-16,18-36H,2,17H2. The predicted molar refractivity (Wildman–Crippen MR) is 291 cm³/mol. The average molecular weight is 887 g/mol. The molecular weight excluding hydrogens is 849 g/mol. The van der Waals surface area contributed by atoms with E-state index >= 15 is 0 Å². The molecule has 14 aromatic rings. The summed E-state index contributed by atoms with van der Waals surface area (Å²) in [6.45, 7) is 0. The van der Waals surface area contributed by atoms with Gasteiger partial charge in [0, 0.05) is 51.1 Å². The van der Waals surface area contributed by atoms with Gasteiger partial charge in [-0.05, 0) is 143 Å². The number of thiophene rings is 2. The minimum Gasteiger partial charge on any atom is -0.456 e. The lowest BCUT2D eigenvalue weighted by Crippen LogP contribution is -2.02. The molecule has 15 rings (SSSR count). The fourth-order valence-corrected chi connectivity index (χ4v) is 14.0. The monoisotopic (exact) mass is 886 g/mol. The number of furan rings is 1. The lowest BCUT2D eigenvalue weighted by molar-refractivity contribution is 0.669. The van der Waals surface area contributed by atoms with Crippen molar-refractivity contribution in [2.75, 3.05) is 0 Å². The zero-order chi connectivity index (χ0) is 43.7. The Morgan fingerprint density at radius 2 is 0.821 bits per heavy atom. The molecule has 0 aliphatic heterocycles. The summed E-state index contributed by atoms with van der Waals surface area (Å²) in [7, 11) is 0. The van der Waals surface area contributed by atoms with Crippen LogP contribution in [-0.4, -0.2) is 0 Å².